The Bertz CT molecular complexity index is 286. The molecule has 64 valence electrons. The van der Waals surface area contributed by atoms with Crippen molar-refractivity contribution < 1.29 is 5.18 Å². The topological polar surface area (TPSA) is 55.1 Å². The van der Waals surface area contributed by atoms with Crippen LogP contribution in [0.2, 0.25) is 0 Å². The molecule has 0 bridgehead atoms. The van der Waals surface area contributed by atoms with Crippen molar-refractivity contribution in [1.29, 1.82) is 0 Å². The van der Waals surface area contributed by atoms with Crippen LogP contribution in [0.3, 0.4) is 0 Å². The zero-order valence-electron chi connectivity index (χ0n) is 7.14. The molecule has 0 fully saturated rings. The van der Waals surface area contributed by atoms with Gasteiger partial charge in [0.1, 0.15) is 0 Å². The number of nitroso groups, excluding NO2 is 1. The Kier molecular flexibility index (Phi) is 2.63. The van der Waals surface area contributed by atoms with Crippen LogP contribution in [-0.2, 0) is 0 Å². The molecule has 0 unspecified atom stereocenters. The minimum absolute atomic E-state index is 0.554. The first-order valence-electron chi connectivity index (χ1n) is 3.69. The quantitative estimate of drug-likeness (QED) is 0.603. The Morgan fingerprint density at radius 3 is 2.33 bits per heavy atom. The number of nitrogens with one attached hydrogen (secondary N) is 3. The molecule has 0 aromatic heterocycles. The molecule has 0 amide bonds. The number of hydrogen-bond donors (Lipinski definition) is 3. The molecule has 0 radical (unpaired) electrons. The molecule has 4 nitrogen and oxygen atoms in total. The minimum atomic E-state index is 0.554. The third kappa shape index (κ3) is 1.53. The predicted octanol–water partition coefficient (Wildman–Crippen LogP) is 0.248. The molecule has 1 aromatic rings. The summed E-state index contributed by atoms with van der Waals surface area (Å²) in [5.41, 5.74) is 2.42. The normalized spacial score (nSPS) is 9.17. The molecule has 12 heavy (non-hydrogen) atoms. The van der Waals surface area contributed by atoms with E-state index in [0.29, 0.717) is 5.69 Å². The largest absolute Gasteiger partial charge is 0.386 e. The van der Waals surface area contributed by atoms with Gasteiger partial charge in [-0.05, 0) is 6.07 Å². The highest BCUT2D eigenvalue weighted by Gasteiger charge is 2.03. The fraction of sp³-hybridized carbons (Fsp3) is 0.250. The van der Waals surface area contributed by atoms with Crippen LogP contribution in [0.15, 0.2) is 18.2 Å². The average molecular weight is 166 g/mol. The average Bonchev–Trinajstić information content (AvgIpc) is 2.16. The fourth-order valence-electron chi connectivity index (χ4n) is 1.03. The highest BCUT2D eigenvalue weighted by Crippen LogP contribution is 2.22. The number of benzene rings is 1. The monoisotopic (exact) mass is 166 g/mol. The summed E-state index contributed by atoms with van der Waals surface area (Å²) in [4.78, 5) is 10.3. The summed E-state index contributed by atoms with van der Waals surface area (Å²) in [6, 6.07) is 5.31. The second kappa shape index (κ2) is 3.71. The Morgan fingerprint density at radius 2 is 1.83 bits per heavy atom. The van der Waals surface area contributed by atoms with Crippen LogP contribution in [0.25, 0.3) is 0 Å². The highest BCUT2D eigenvalue weighted by molar-refractivity contribution is 5.71. The highest BCUT2D eigenvalue weighted by atomic mass is 16.3. The summed E-state index contributed by atoms with van der Waals surface area (Å²) in [7, 11) is 3.64. The van der Waals surface area contributed by atoms with Gasteiger partial charge in [0.15, 0.2) is 0 Å². The first-order chi connectivity index (χ1) is 5.81. The molecule has 0 aliphatic heterocycles. The van der Waals surface area contributed by atoms with Crippen molar-refractivity contribution in [3.05, 3.63) is 23.1 Å². The second-order valence-electron chi connectivity index (χ2n) is 2.36. The van der Waals surface area contributed by atoms with E-state index in [1.165, 1.54) is 0 Å². The fourth-order valence-corrected chi connectivity index (χ4v) is 1.03. The molecule has 0 saturated heterocycles. The van der Waals surface area contributed by atoms with Gasteiger partial charge in [0.2, 0.25) is 0 Å². The molecule has 4 heteroatoms. The lowest BCUT2D eigenvalue weighted by atomic mass is 10.2. The Morgan fingerprint density at radius 1 is 1.17 bits per heavy atom. The molecule has 1 aromatic carbocycles. The van der Waals surface area contributed by atoms with E-state index in [9.17, 15) is 4.91 Å². The van der Waals surface area contributed by atoms with Gasteiger partial charge in [-0.15, -0.1) is 0 Å². The summed E-state index contributed by atoms with van der Waals surface area (Å²) in [5.74, 6) is 0. The molecule has 0 saturated carbocycles. The second-order valence-corrected chi connectivity index (χ2v) is 2.36. The first-order valence-corrected chi connectivity index (χ1v) is 3.69. The SMILES string of the molecule is CNc1ccc([NH+]=O)cc1NC. The third-order valence-electron chi connectivity index (χ3n) is 1.68. The molecule has 0 atom stereocenters. The van der Waals surface area contributed by atoms with Crippen molar-refractivity contribution in [2.24, 2.45) is 0 Å². The van der Waals surface area contributed by atoms with Gasteiger partial charge in [-0.1, -0.05) is 0 Å². The van der Waals surface area contributed by atoms with Gasteiger partial charge in [0, 0.05) is 36.3 Å². The van der Waals surface area contributed by atoms with E-state index < -0.39 is 0 Å². The van der Waals surface area contributed by atoms with Crippen LogP contribution in [0, 0.1) is 4.91 Å². The maximum absolute atomic E-state index is 10.3. The molecule has 0 heterocycles. The van der Waals surface area contributed by atoms with Gasteiger partial charge in [0.05, 0.1) is 11.4 Å². The molecular formula is C8H12N3O+. The zero-order chi connectivity index (χ0) is 8.97. The smallest absolute Gasteiger partial charge is 0.255 e. The third-order valence-corrected chi connectivity index (χ3v) is 1.68. The maximum atomic E-state index is 10.3. The molecule has 0 aliphatic rings. The van der Waals surface area contributed by atoms with Crippen molar-refractivity contribution >= 4 is 17.1 Å². The van der Waals surface area contributed by atoms with Gasteiger partial charge in [-0.2, -0.15) is 0 Å². The van der Waals surface area contributed by atoms with E-state index >= 15 is 0 Å². The lowest BCUT2D eigenvalue weighted by molar-refractivity contribution is -0.379. The number of anilines is 2. The van der Waals surface area contributed by atoms with Crippen LogP contribution in [0.5, 0.6) is 0 Å². The van der Waals surface area contributed by atoms with Crippen LogP contribution in [-0.4, -0.2) is 14.1 Å². The minimum Gasteiger partial charge on any atom is -0.386 e. The van der Waals surface area contributed by atoms with Crippen molar-refractivity contribution in [2.45, 2.75) is 0 Å². The van der Waals surface area contributed by atoms with Gasteiger partial charge < -0.3 is 10.6 Å². The van der Waals surface area contributed by atoms with Crippen LogP contribution in [0.1, 0.15) is 0 Å². The molecule has 0 spiro atoms. The van der Waals surface area contributed by atoms with Crippen molar-refractivity contribution in [3.63, 3.8) is 0 Å². The van der Waals surface area contributed by atoms with Crippen LogP contribution >= 0.6 is 0 Å². The molecular weight excluding hydrogens is 154 g/mol. The number of rotatable bonds is 3. The molecule has 0 aliphatic carbocycles. The van der Waals surface area contributed by atoms with Crippen molar-refractivity contribution in [3.8, 4) is 0 Å². The van der Waals surface area contributed by atoms with E-state index in [-0.39, 0.29) is 0 Å². The Labute approximate surface area is 71.0 Å². The summed E-state index contributed by atoms with van der Waals surface area (Å²) >= 11 is 0. The summed E-state index contributed by atoms with van der Waals surface area (Å²) in [6.45, 7) is 0. The Hall–Kier alpha value is -1.58. The van der Waals surface area contributed by atoms with Gasteiger partial charge in [-0.25, -0.2) is 0 Å². The maximum Gasteiger partial charge on any atom is 0.255 e. The Balaban J connectivity index is 3.10. The summed E-state index contributed by atoms with van der Waals surface area (Å²) < 4.78 is 0. The van der Waals surface area contributed by atoms with Gasteiger partial charge >= 0.3 is 0 Å². The first kappa shape index (κ1) is 8.52. The van der Waals surface area contributed by atoms with Gasteiger partial charge in [-0.3, -0.25) is 0 Å². The lowest BCUT2D eigenvalue weighted by Crippen LogP contribution is -2.55. The lowest BCUT2D eigenvalue weighted by Gasteiger charge is -2.06. The van der Waals surface area contributed by atoms with E-state index in [2.05, 4.69) is 10.6 Å². The van der Waals surface area contributed by atoms with Crippen LogP contribution < -0.4 is 15.8 Å². The standard InChI is InChI=1S/C8H11N3O/c1-9-7-4-3-6(11-12)5-8(7)10-2/h3-5,9-10H,1-2H3/p+1. The van der Waals surface area contributed by atoms with E-state index in [1.807, 2.05) is 25.3 Å². The molecule has 3 N–H and O–H groups in total. The van der Waals surface area contributed by atoms with E-state index in [0.717, 1.165) is 11.4 Å². The van der Waals surface area contributed by atoms with Crippen molar-refractivity contribution in [2.75, 3.05) is 24.7 Å². The van der Waals surface area contributed by atoms with E-state index in [1.54, 1.807) is 12.1 Å². The zero-order valence-corrected chi connectivity index (χ0v) is 7.14. The van der Waals surface area contributed by atoms with Crippen molar-refractivity contribution in [1.82, 2.24) is 0 Å². The van der Waals surface area contributed by atoms with Gasteiger partial charge in [0.25, 0.3) is 5.69 Å². The van der Waals surface area contributed by atoms with E-state index in [4.69, 9.17) is 0 Å². The predicted molar refractivity (Wildman–Crippen MR) is 49.5 cm³/mol. The number of hydrogen-bond acceptors (Lipinski definition) is 3. The molecule has 1 rings (SSSR count). The summed E-state index contributed by atoms with van der Waals surface area (Å²) in [6.07, 6.45) is 0. The van der Waals surface area contributed by atoms with Crippen LogP contribution in [0.4, 0.5) is 17.1 Å². The summed E-state index contributed by atoms with van der Waals surface area (Å²) in [5, 5.41) is 7.82.